The number of rotatable bonds is 7. The Kier molecular flexibility index (Phi) is 7.49. The number of nitro benzene ring substituents is 1. The molecule has 0 unspecified atom stereocenters. The Hall–Kier alpha value is -4.54. The van der Waals surface area contributed by atoms with Crippen molar-refractivity contribution in [2.45, 2.75) is 35.7 Å². The molecule has 42 heavy (non-hydrogen) atoms. The van der Waals surface area contributed by atoms with E-state index in [-0.39, 0.29) is 23.6 Å². The number of non-ortho nitro benzene ring substituents is 1. The zero-order valence-corrected chi connectivity index (χ0v) is 24.4. The van der Waals surface area contributed by atoms with Gasteiger partial charge >= 0.3 is 0 Å². The van der Waals surface area contributed by atoms with Crippen LogP contribution in [0.4, 0.5) is 15.8 Å². The molecule has 1 saturated heterocycles. The number of nitrogens with zero attached hydrogens (tertiary/aromatic N) is 4. The summed E-state index contributed by atoms with van der Waals surface area (Å²) >= 11 is 7.45. The molecular weight excluding hydrogens is 570 g/mol. The molecule has 3 aromatic carbocycles. The van der Waals surface area contributed by atoms with E-state index in [9.17, 15) is 14.5 Å². The van der Waals surface area contributed by atoms with E-state index in [1.54, 1.807) is 30.5 Å². The maximum Gasteiger partial charge on any atom is 0.269 e. The highest BCUT2D eigenvalue weighted by Gasteiger charge is 2.42. The van der Waals surface area contributed by atoms with Crippen molar-refractivity contribution in [3.63, 3.8) is 0 Å². The lowest BCUT2D eigenvalue weighted by molar-refractivity contribution is -0.384. The van der Waals surface area contributed by atoms with Crippen molar-refractivity contribution in [1.29, 1.82) is 0 Å². The zero-order chi connectivity index (χ0) is 29.4. The summed E-state index contributed by atoms with van der Waals surface area (Å²) in [5.74, 6) is -0.275. The topological polar surface area (TPSA) is 76.2 Å². The van der Waals surface area contributed by atoms with Gasteiger partial charge in [0.15, 0.2) is 5.11 Å². The van der Waals surface area contributed by atoms with Gasteiger partial charge in [0.05, 0.1) is 22.7 Å². The van der Waals surface area contributed by atoms with Gasteiger partial charge in [-0.3, -0.25) is 15.1 Å². The monoisotopic (exact) mass is 595 g/mol. The fourth-order valence-corrected chi connectivity index (χ4v) is 6.63. The normalized spacial score (nSPS) is 16.5. The summed E-state index contributed by atoms with van der Waals surface area (Å²) in [4.78, 5) is 19.3. The lowest BCUT2D eigenvalue weighted by Gasteiger charge is -2.28. The average molecular weight is 596 g/mol. The Labute approximate surface area is 252 Å². The van der Waals surface area contributed by atoms with Gasteiger partial charge < -0.3 is 14.8 Å². The van der Waals surface area contributed by atoms with E-state index in [1.165, 1.54) is 36.0 Å². The van der Waals surface area contributed by atoms with Crippen molar-refractivity contribution >= 4 is 40.5 Å². The van der Waals surface area contributed by atoms with Crippen molar-refractivity contribution in [3.05, 3.63) is 142 Å². The molecule has 0 aliphatic carbocycles. The van der Waals surface area contributed by atoms with E-state index in [4.69, 9.17) is 12.2 Å². The second kappa shape index (κ2) is 11.4. The summed E-state index contributed by atoms with van der Waals surface area (Å²) in [6.45, 7) is 4.12. The minimum Gasteiger partial charge on any atom is -0.351 e. The molecule has 0 bridgehead atoms. The molecule has 6 rings (SSSR count). The Bertz CT molecular complexity index is 1760. The fourth-order valence-electron chi connectivity index (χ4n) is 5.47. The van der Waals surface area contributed by atoms with E-state index in [0.29, 0.717) is 5.11 Å². The maximum atomic E-state index is 13.7. The lowest BCUT2D eigenvalue weighted by atomic mass is 9.96. The molecule has 0 spiro atoms. The Balaban J connectivity index is 1.37. The number of hydrogen-bond acceptors (Lipinski definition) is 5. The second-order valence-electron chi connectivity index (χ2n) is 9.98. The number of nitrogens with one attached hydrogen (secondary N) is 1. The molecule has 1 aliphatic heterocycles. The maximum absolute atomic E-state index is 13.7. The smallest absolute Gasteiger partial charge is 0.269 e. The number of aromatic nitrogens is 2. The highest BCUT2D eigenvalue weighted by molar-refractivity contribution is 7.99. The van der Waals surface area contributed by atoms with Crippen LogP contribution in [0.5, 0.6) is 0 Å². The van der Waals surface area contributed by atoms with Crippen LogP contribution in [0.3, 0.4) is 0 Å². The number of thiocarbonyl (C=S) groups is 1. The molecule has 5 aromatic rings. The summed E-state index contributed by atoms with van der Waals surface area (Å²) < 4.78 is 15.8. The average Bonchev–Trinajstić information content (AvgIpc) is 3.49. The predicted molar refractivity (Wildman–Crippen MR) is 167 cm³/mol. The molecule has 0 amide bonds. The number of pyridine rings is 1. The van der Waals surface area contributed by atoms with E-state index in [0.717, 1.165) is 43.8 Å². The first-order valence-corrected chi connectivity index (χ1v) is 14.5. The largest absolute Gasteiger partial charge is 0.351 e. The molecule has 1 fully saturated rings. The van der Waals surface area contributed by atoms with Crippen molar-refractivity contribution in [2.24, 2.45) is 0 Å². The molecular formula is C32H26FN5O2S2. The Morgan fingerprint density at radius 3 is 2.19 bits per heavy atom. The number of anilines is 1. The van der Waals surface area contributed by atoms with Gasteiger partial charge in [-0.1, -0.05) is 17.8 Å². The summed E-state index contributed by atoms with van der Waals surface area (Å²) in [6, 6.07) is 28.8. The van der Waals surface area contributed by atoms with Crippen LogP contribution in [0, 0.1) is 29.8 Å². The van der Waals surface area contributed by atoms with Crippen LogP contribution >= 0.6 is 24.0 Å². The van der Waals surface area contributed by atoms with Crippen LogP contribution in [-0.2, 0) is 0 Å². The number of halogens is 1. The molecule has 0 radical (unpaired) electrons. The quantitative estimate of drug-likeness (QED) is 0.117. The molecule has 7 nitrogen and oxygen atoms in total. The molecule has 2 atom stereocenters. The minimum atomic E-state index is -0.401. The predicted octanol–water partition coefficient (Wildman–Crippen LogP) is 7.86. The van der Waals surface area contributed by atoms with Gasteiger partial charge in [-0.15, -0.1) is 0 Å². The van der Waals surface area contributed by atoms with Gasteiger partial charge in [0.2, 0.25) is 0 Å². The first-order chi connectivity index (χ1) is 20.3. The molecule has 2 aromatic heterocycles. The van der Waals surface area contributed by atoms with Crippen LogP contribution < -0.4 is 10.2 Å². The van der Waals surface area contributed by atoms with Crippen LogP contribution in [0.2, 0.25) is 0 Å². The molecule has 1 N–H and O–H groups in total. The summed E-state index contributed by atoms with van der Waals surface area (Å²) in [5.41, 5.74) is 5.91. The van der Waals surface area contributed by atoms with Gasteiger partial charge in [0, 0.05) is 50.9 Å². The summed E-state index contributed by atoms with van der Waals surface area (Å²) in [7, 11) is 0. The highest BCUT2D eigenvalue weighted by Crippen LogP contribution is 2.44. The molecule has 1 aliphatic rings. The molecule has 0 saturated carbocycles. The molecule has 3 heterocycles. The Morgan fingerprint density at radius 1 is 0.929 bits per heavy atom. The van der Waals surface area contributed by atoms with Crippen LogP contribution in [0.1, 0.15) is 34.7 Å². The lowest BCUT2D eigenvalue weighted by Crippen LogP contribution is -2.29. The summed E-state index contributed by atoms with van der Waals surface area (Å²) in [5, 5.41) is 15.1. The zero-order valence-electron chi connectivity index (χ0n) is 22.8. The molecule has 210 valence electrons. The molecule has 10 heteroatoms. The summed E-state index contributed by atoms with van der Waals surface area (Å²) in [6.07, 6.45) is 1.78. The second-order valence-corrected chi connectivity index (χ2v) is 11.5. The fraction of sp³-hybridized carbons (Fsp3) is 0.125. The van der Waals surface area contributed by atoms with Gasteiger partial charge in [0.1, 0.15) is 5.82 Å². The van der Waals surface area contributed by atoms with Gasteiger partial charge in [-0.2, -0.15) is 0 Å². The number of aryl methyl sites for hydroxylation is 1. The van der Waals surface area contributed by atoms with Crippen LogP contribution in [-0.4, -0.2) is 19.6 Å². The highest BCUT2D eigenvalue weighted by atomic mass is 32.2. The van der Waals surface area contributed by atoms with Crippen molar-refractivity contribution in [3.8, 4) is 5.69 Å². The third-order valence-electron chi connectivity index (χ3n) is 7.37. The van der Waals surface area contributed by atoms with Crippen LogP contribution in [0.15, 0.2) is 113 Å². The number of hydrogen-bond donors (Lipinski definition) is 1. The standard InChI is InChI=1S/C32H26FN5O2S2/c1-20-19-28(21(2)36(20)23-8-6-22(33)7-9-23)31-30(29-5-3-4-18-34-29)35-32(41)37(31)24-10-14-26(15-11-24)42-27-16-12-25(13-17-27)38(39)40/h3-19,30-31H,1-2H3,(H,35,41)/t30-,31+/m1/s1. The number of benzene rings is 3. The third-order valence-corrected chi connectivity index (χ3v) is 8.70. The third kappa shape index (κ3) is 5.26. The van der Waals surface area contributed by atoms with Crippen molar-refractivity contribution in [1.82, 2.24) is 14.9 Å². The Morgan fingerprint density at radius 2 is 1.57 bits per heavy atom. The SMILES string of the molecule is Cc1cc([C@H]2[C@@H](c3ccccn3)NC(=S)N2c2ccc(Sc3ccc([N+](=O)[O-])cc3)cc2)c(C)n1-c1ccc(F)cc1. The van der Waals surface area contributed by atoms with Gasteiger partial charge in [-0.05, 0) is 110 Å². The van der Waals surface area contributed by atoms with E-state index in [2.05, 4.69) is 32.8 Å². The number of nitro groups is 1. The van der Waals surface area contributed by atoms with Crippen LogP contribution in [0.25, 0.3) is 5.69 Å². The first kappa shape index (κ1) is 27.6. The first-order valence-electron chi connectivity index (χ1n) is 13.3. The van der Waals surface area contributed by atoms with Crippen molar-refractivity contribution < 1.29 is 9.31 Å². The van der Waals surface area contributed by atoms with E-state index >= 15 is 0 Å². The minimum absolute atomic E-state index is 0.0667. The van der Waals surface area contributed by atoms with Gasteiger partial charge in [0.25, 0.3) is 5.69 Å². The van der Waals surface area contributed by atoms with E-state index in [1.807, 2.05) is 49.4 Å². The van der Waals surface area contributed by atoms with Gasteiger partial charge in [-0.25, -0.2) is 4.39 Å². The van der Waals surface area contributed by atoms with E-state index < -0.39 is 4.92 Å². The van der Waals surface area contributed by atoms with Crippen molar-refractivity contribution in [2.75, 3.05) is 4.90 Å².